The van der Waals surface area contributed by atoms with Crippen LogP contribution in [0.15, 0.2) is 40.8 Å². The zero-order valence-electron chi connectivity index (χ0n) is 15.7. The normalized spacial score (nSPS) is 15.6. The van der Waals surface area contributed by atoms with Gasteiger partial charge in [-0.05, 0) is 37.3 Å². The molecule has 0 bridgehead atoms. The standard InChI is InChI=1S/C21H23ClN2O4/c1-2-27-21(26)24-12-10-23(11-13-24)19(20-9-7-18(15-25)28-20)8-6-16-4-3-5-17(22)14-16/h3-5,7,9,14,19,25H,2,10-13,15H2,1H3. The van der Waals surface area contributed by atoms with Crippen LogP contribution in [0.5, 0.6) is 0 Å². The first-order valence-corrected chi connectivity index (χ1v) is 9.61. The van der Waals surface area contributed by atoms with E-state index in [4.69, 9.17) is 20.8 Å². The minimum absolute atomic E-state index is 0.162. The lowest BCUT2D eigenvalue weighted by atomic mass is 10.1. The summed E-state index contributed by atoms with van der Waals surface area (Å²) in [4.78, 5) is 15.8. The Labute approximate surface area is 169 Å². The SMILES string of the molecule is CCOC(=O)N1CCN(C(C#Cc2cccc(Cl)c2)c2ccc(CO)o2)CC1. The maximum Gasteiger partial charge on any atom is 0.409 e. The van der Waals surface area contributed by atoms with Crippen molar-refractivity contribution in [1.29, 1.82) is 0 Å². The fourth-order valence-corrected chi connectivity index (χ4v) is 3.25. The molecule has 6 nitrogen and oxygen atoms in total. The maximum absolute atomic E-state index is 11.9. The number of carbonyl (C=O) groups excluding carboxylic acids is 1. The molecule has 1 unspecified atom stereocenters. The van der Waals surface area contributed by atoms with Gasteiger partial charge in [-0.15, -0.1) is 0 Å². The fourth-order valence-electron chi connectivity index (χ4n) is 3.06. The van der Waals surface area contributed by atoms with Gasteiger partial charge >= 0.3 is 6.09 Å². The van der Waals surface area contributed by atoms with Crippen LogP contribution in [0.2, 0.25) is 5.02 Å². The Bertz CT molecular complexity index is 863. The van der Waals surface area contributed by atoms with E-state index in [9.17, 15) is 9.90 Å². The molecule has 1 N–H and O–H groups in total. The summed E-state index contributed by atoms with van der Waals surface area (Å²) in [6, 6.07) is 10.7. The predicted octanol–water partition coefficient (Wildman–Crippen LogP) is 3.29. The number of hydrogen-bond acceptors (Lipinski definition) is 5. The summed E-state index contributed by atoms with van der Waals surface area (Å²) in [6.07, 6.45) is -0.288. The molecular formula is C21H23ClN2O4. The summed E-state index contributed by atoms with van der Waals surface area (Å²) in [5, 5.41) is 9.94. The van der Waals surface area contributed by atoms with Crippen LogP contribution in [0, 0.1) is 11.8 Å². The lowest BCUT2D eigenvalue weighted by molar-refractivity contribution is 0.0705. The Morgan fingerprint density at radius 1 is 1.29 bits per heavy atom. The predicted molar refractivity (Wildman–Crippen MR) is 106 cm³/mol. The average Bonchev–Trinajstić information content (AvgIpc) is 3.18. The number of aliphatic hydroxyl groups is 1. The summed E-state index contributed by atoms with van der Waals surface area (Å²) >= 11 is 6.05. The van der Waals surface area contributed by atoms with E-state index in [2.05, 4.69) is 16.7 Å². The third kappa shape index (κ3) is 5.08. The monoisotopic (exact) mass is 402 g/mol. The van der Waals surface area contributed by atoms with Gasteiger partial charge in [0.15, 0.2) is 0 Å². The third-order valence-corrected chi connectivity index (χ3v) is 4.73. The number of amides is 1. The highest BCUT2D eigenvalue weighted by Gasteiger charge is 2.28. The lowest BCUT2D eigenvalue weighted by Gasteiger charge is -2.36. The Balaban J connectivity index is 1.79. The molecule has 7 heteroatoms. The van der Waals surface area contributed by atoms with Crippen LogP contribution in [-0.2, 0) is 11.3 Å². The summed E-state index contributed by atoms with van der Waals surface area (Å²) in [7, 11) is 0. The molecule has 2 heterocycles. The number of furan rings is 1. The first-order valence-electron chi connectivity index (χ1n) is 9.23. The number of benzene rings is 1. The number of hydrogen-bond donors (Lipinski definition) is 1. The molecule has 148 valence electrons. The first kappa shape index (κ1) is 20.3. The molecule has 1 fully saturated rings. The van der Waals surface area contributed by atoms with Crippen molar-refractivity contribution in [2.24, 2.45) is 0 Å². The third-order valence-electron chi connectivity index (χ3n) is 4.49. The molecule has 1 aliphatic heterocycles. The van der Waals surface area contributed by atoms with E-state index in [1.54, 1.807) is 24.0 Å². The summed E-state index contributed by atoms with van der Waals surface area (Å²) < 4.78 is 10.8. The van der Waals surface area contributed by atoms with Crippen LogP contribution in [0.1, 0.15) is 30.0 Å². The highest BCUT2D eigenvalue weighted by molar-refractivity contribution is 6.30. The largest absolute Gasteiger partial charge is 0.461 e. The van der Waals surface area contributed by atoms with Crippen LogP contribution in [0.3, 0.4) is 0 Å². The van der Waals surface area contributed by atoms with Gasteiger partial charge in [0.1, 0.15) is 24.2 Å². The van der Waals surface area contributed by atoms with E-state index in [1.165, 1.54) is 0 Å². The van der Waals surface area contributed by atoms with Gasteiger partial charge < -0.3 is 19.2 Å². The van der Waals surface area contributed by atoms with E-state index in [1.807, 2.05) is 24.3 Å². The van der Waals surface area contributed by atoms with Crippen molar-refractivity contribution in [3.63, 3.8) is 0 Å². The molecule has 0 aliphatic carbocycles. The van der Waals surface area contributed by atoms with E-state index in [0.29, 0.717) is 49.3 Å². The van der Waals surface area contributed by atoms with Crippen molar-refractivity contribution in [3.8, 4) is 11.8 Å². The quantitative estimate of drug-likeness (QED) is 0.795. The number of aliphatic hydroxyl groups excluding tert-OH is 1. The number of piperazine rings is 1. The molecule has 0 radical (unpaired) electrons. The molecular weight excluding hydrogens is 380 g/mol. The molecule has 1 aromatic carbocycles. The first-order chi connectivity index (χ1) is 13.6. The highest BCUT2D eigenvalue weighted by atomic mass is 35.5. The van der Waals surface area contributed by atoms with Crippen molar-refractivity contribution < 1.29 is 19.1 Å². The molecule has 0 saturated carbocycles. The van der Waals surface area contributed by atoms with Crippen LogP contribution >= 0.6 is 11.6 Å². The number of carbonyl (C=O) groups is 1. The van der Waals surface area contributed by atoms with Gasteiger partial charge in [-0.25, -0.2) is 4.79 Å². The fraction of sp³-hybridized carbons (Fsp3) is 0.381. The second-order valence-electron chi connectivity index (χ2n) is 6.37. The number of ether oxygens (including phenoxy) is 1. The van der Waals surface area contributed by atoms with E-state index >= 15 is 0 Å². The highest BCUT2D eigenvalue weighted by Crippen LogP contribution is 2.24. The molecule has 2 aromatic rings. The summed E-state index contributed by atoms with van der Waals surface area (Å²) in [5.74, 6) is 7.59. The second kappa shape index (κ2) is 9.65. The lowest BCUT2D eigenvalue weighted by Crippen LogP contribution is -2.49. The molecule has 1 aliphatic rings. The molecule has 0 spiro atoms. The van der Waals surface area contributed by atoms with Gasteiger partial charge in [0.2, 0.25) is 0 Å². The van der Waals surface area contributed by atoms with E-state index in [0.717, 1.165) is 5.56 Å². The molecule has 1 atom stereocenters. The minimum atomic E-state index is -0.288. The zero-order chi connectivity index (χ0) is 19.9. The number of nitrogens with zero attached hydrogens (tertiary/aromatic N) is 2. The van der Waals surface area contributed by atoms with Crippen LogP contribution < -0.4 is 0 Å². The Hall–Kier alpha value is -2.46. The molecule has 1 saturated heterocycles. The van der Waals surface area contributed by atoms with Gasteiger partial charge in [0.25, 0.3) is 0 Å². The Kier molecular flexibility index (Phi) is 6.99. The van der Waals surface area contributed by atoms with Crippen molar-refractivity contribution in [2.45, 2.75) is 19.6 Å². The van der Waals surface area contributed by atoms with Gasteiger partial charge in [-0.3, -0.25) is 4.90 Å². The summed E-state index contributed by atoms with van der Waals surface area (Å²) in [5.41, 5.74) is 0.816. The molecule has 1 amide bonds. The smallest absolute Gasteiger partial charge is 0.409 e. The van der Waals surface area contributed by atoms with Crippen molar-refractivity contribution in [1.82, 2.24) is 9.80 Å². The van der Waals surface area contributed by atoms with Crippen molar-refractivity contribution in [3.05, 3.63) is 58.5 Å². The van der Waals surface area contributed by atoms with Crippen LogP contribution in [0.4, 0.5) is 4.79 Å². The van der Waals surface area contributed by atoms with E-state index in [-0.39, 0.29) is 18.7 Å². The topological polar surface area (TPSA) is 66.2 Å². The molecule has 3 rings (SSSR count). The van der Waals surface area contributed by atoms with Crippen LogP contribution in [-0.4, -0.2) is 53.8 Å². The molecule has 28 heavy (non-hydrogen) atoms. The second-order valence-corrected chi connectivity index (χ2v) is 6.80. The minimum Gasteiger partial charge on any atom is -0.461 e. The van der Waals surface area contributed by atoms with Gasteiger partial charge in [-0.1, -0.05) is 29.5 Å². The van der Waals surface area contributed by atoms with Crippen molar-refractivity contribution in [2.75, 3.05) is 32.8 Å². The van der Waals surface area contributed by atoms with Gasteiger partial charge in [0.05, 0.1) is 6.61 Å². The summed E-state index contributed by atoms with van der Waals surface area (Å²) in [6.45, 7) is 4.40. The number of halogens is 1. The molecule has 1 aromatic heterocycles. The Morgan fingerprint density at radius 3 is 2.71 bits per heavy atom. The average molecular weight is 403 g/mol. The van der Waals surface area contributed by atoms with Gasteiger partial charge in [-0.2, -0.15) is 0 Å². The van der Waals surface area contributed by atoms with E-state index < -0.39 is 0 Å². The maximum atomic E-state index is 11.9. The van der Waals surface area contributed by atoms with Crippen molar-refractivity contribution >= 4 is 17.7 Å². The number of rotatable bonds is 4. The van der Waals surface area contributed by atoms with Gasteiger partial charge in [0, 0.05) is 36.8 Å². The Morgan fingerprint density at radius 2 is 2.07 bits per heavy atom. The van der Waals surface area contributed by atoms with Crippen LogP contribution in [0.25, 0.3) is 0 Å². The zero-order valence-corrected chi connectivity index (χ0v) is 16.5.